The van der Waals surface area contributed by atoms with Gasteiger partial charge in [-0.15, -0.1) is 0 Å². The molecule has 1 atom stereocenters. The van der Waals surface area contributed by atoms with Crippen molar-refractivity contribution in [1.29, 1.82) is 0 Å². The van der Waals surface area contributed by atoms with E-state index in [4.69, 9.17) is 12.2 Å². The largest absolute Gasteiger partial charge is 0.360 e. The minimum atomic E-state index is -3.98. The fraction of sp³-hybridized carbons (Fsp3) is 0.278. The maximum absolute atomic E-state index is 14.6. The van der Waals surface area contributed by atoms with Crippen molar-refractivity contribution in [3.05, 3.63) is 59.7 Å². The van der Waals surface area contributed by atoms with Gasteiger partial charge >= 0.3 is 0 Å². The maximum atomic E-state index is 14.6. The molecule has 2 heterocycles. The van der Waals surface area contributed by atoms with Gasteiger partial charge < -0.3 is 10.6 Å². The van der Waals surface area contributed by atoms with Crippen LogP contribution in [0.2, 0.25) is 0 Å². The number of rotatable bonds is 4. The number of hydrogen-bond acceptors (Lipinski definition) is 3. The topological polar surface area (TPSA) is 54.0 Å². The third kappa shape index (κ3) is 3.44. The molecule has 1 saturated heterocycles. The standard InChI is InChI=1S/C18H14F5N3OS/c19-12-5-4-10(25-15(27)13-3-1-2-8-24-13)9-11(12)18(16(20)21)17(22,23)7-6-14(28)26-18/h1-5,8-9,16H,6-7H2,(H,25,27)(H,26,28). The molecule has 1 aromatic carbocycles. The van der Waals surface area contributed by atoms with Gasteiger partial charge in [-0.2, -0.15) is 0 Å². The number of benzene rings is 1. The third-order valence-corrected chi connectivity index (χ3v) is 4.76. The van der Waals surface area contributed by atoms with E-state index >= 15 is 0 Å². The molecule has 1 amide bonds. The Labute approximate surface area is 162 Å². The lowest BCUT2D eigenvalue weighted by molar-refractivity contribution is -0.158. The second-order valence-electron chi connectivity index (χ2n) is 6.23. The van der Waals surface area contributed by atoms with Gasteiger partial charge in [0, 0.05) is 30.3 Å². The second-order valence-corrected chi connectivity index (χ2v) is 6.72. The van der Waals surface area contributed by atoms with Crippen LogP contribution in [0.25, 0.3) is 0 Å². The summed E-state index contributed by atoms with van der Waals surface area (Å²) >= 11 is 4.81. The fourth-order valence-corrected chi connectivity index (χ4v) is 3.30. The van der Waals surface area contributed by atoms with Gasteiger partial charge in [-0.05, 0) is 30.3 Å². The average Bonchev–Trinajstić information content (AvgIpc) is 2.66. The molecular weight excluding hydrogens is 401 g/mol. The third-order valence-electron chi connectivity index (χ3n) is 4.45. The molecule has 1 aromatic heterocycles. The van der Waals surface area contributed by atoms with Crippen LogP contribution in [0.3, 0.4) is 0 Å². The Bertz CT molecular complexity index is 909. The summed E-state index contributed by atoms with van der Waals surface area (Å²) in [6, 6.07) is 7.12. The molecule has 0 radical (unpaired) electrons. The summed E-state index contributed by atoms with van der Waals surface area (Å²) in [5.41, 5.74) is -4.44. The van der Waals surface area contributed by atoms with Crippen LogP contribution in [-0.2, 0) is 5.54 Å². The van der Waals surface area contributed by atoms with Crippen molar-refractivity contribution in [3.63, 3.8) is 0 Å². The SMILES string of the molecule is O=C(Nc1ccc(F)c(C2(C(F)F)NC(=S)CCC2(F)F)c1)c1ccccn1. The molecule has 0 aliphatic carbocycles. The summed E-state index contributed by atoms with van der Waals surface area (Å²) in [5, 5.41) is 4.30. The predicted molar refractivity (Wildman–Crippen MR) is 96.2 cm³/mol. The Balaban J connectivity index is 2.04. The Hall–Kier alpha value is -2.62. The van der Waals surface area contributed by atoms with Crippen molar-refractivity contribution in [1.82, 2.24) is 10.3 Å². The molecule has 1 unspecified atom stereocenters. The zero-order valence-electron chi connectivity index (χ0n) is 14.2. The number of carbonyl (C=O) groups is 1. The number of pyridine rings is 1. The molecule has 28 heavy (non-hydrogen) atoms. The first-order valence-corrected chi connectivity index (χ1v) is 8.57. The van der Waals surface area contributed by atoms with Crippen LogP contribution in [0.15, 0.2) is 42.6 Å². The summed E-state index contributed by atoms with van der Waals surface area (Å²) < 4.78 is 71.4. The molecule has 2 aromatic rings. The second kappa shape index (κ2) is 7.42. The van der Waals surface area contributed by atoms with Crippen molar-refractivity contribution >= 4 is 28.8 Å². The first-order valence-electron chi connectivity index (χ1n) is 8.17. The lowest BCUT2D eigenvalue weighted by Gasteiger charge is -2.45. The number of piperidine rings is 1. The number of thiocarbonyl (C=S) groups is 1. The van der Waals surface area contributed by atoms with Gasteiger partial charge in [0.1, 0.15) is 11.5 Å². The van der Waals surface area contributed by atoms with Crippen LogP contribution >= 0.6 is 12.2 Å². The molecule has 4 nitrogen and oxygen atoms in total. The number of nitrogens with zero attached hydrogens (tertiary/aromatic N) is 1. The highest BCUT2D eigenvalue weighted by atomic mass is 32.1. The molecule has 10 heteroatoms. The van der Waals surface area contributed by atoms with E-state index in [1.165, 1.54) is 12.3 Å². The van der Waals surface area contributed by atoms with Crippen molar-refractivity contribution in [2.24, 2.45) is 0 Å². The van der Waals surface area contributed by atoms with Gasteiger partial charge in [0.15, 0.2) is 5.54 Å². The van der Waals surface area contributed by atoms with Crippen molar-refractivity contribution in [2.45, 2.75) is 30.7 Å². The lowest BCUT2D eigenvalue weighted by Crippen LogP contribution is -2.65. The lowest BCUT2D eigenvalue weighted by atomic mass is 9.78. The highest BCUT2D eigenvalue weighted by Crippen LogP contribution is 2.48. The summed E-state index contributed by atoms with van der Waals surface area (Å²) in [5.74, 6) is -5.95. The summed E-state index contributed by atoms with van der Waals surface area (Å²) in [6.45, 7) is 0. The number of carbonyl (C=O) groups excluding carboxylic acids is 1. The van der Waals surface area contributed by atoms with E-state index in [-0.39, 0.29) is 22.8 Å². The van der Waals surface area contributed by atoms with Gasteiger partial charge in [0.25, 0.3) is 18.3 Å². The molecule has 3 rings (SSSR count). The normalized spacial score (nSPS) is 21.3. The van der Waals surface area contributed by atoms with Crippen molar-refractivity contribution in [3.8, 4) is 0 Å². The number of halogens is 5. The van der Waals surface area contributed by atoms with E-state index in [9.17, 15) is 26.7 Å². The van der Waals surface area contributed by atoms with E-state index in [1.807, 2.05) is 5.32 Å². The number of alkyl halides is 4. The number of amides is 1. The number of nitrogens with one attached hydrogen (secondary N) is 2. The molecule has 2 N–H and O–H groups in total. The molecule has 0 bridgehead atoms. The van der Waals surface area contributed by atoms with E-state index in [0.29, 0.717) is 0 Å². The van der Waals surface area contributed by atoms with E-state index in [2.05, 4.69) is 10.3 Å². The molecular formula is C18H14F5N3OS. The summed E-state index contributed by atoms with van der Waals surface area (Å²) in [7, 11) is 0. The van der Waals surface area contributed by atoms with Crippen LogP contribution in [-0.4, -0.2) is 28.2 Å². The van der Waals surface area contributed by atoms with Crippen molar-refractivity contribution in [2.75, 3.05) is 5.32 Å². The maximum Gasteiger partial charge on any atom is 0.280 e. The van der Waals surface area contributed by atoms with Crippen LogP contribution in [0.1, 0.15) is 28.9 Å². The monoisotopic (exact) mass is 415 g/mol. The number of aromatic nitrogens is 1. The average molecular weight is 415 g/mol. The summed E-state index contributed by atoms with van der Waals surface area (Å²) in [4.78, 5) is 15.8. The van der Waals surface area contributed by atoms with Crippen LogP contribution in [0.4, 0.5) is 27.6 Å². The Morgan fingerprint density at radius 3 is 2.64 bits per heavy atom. The van der Waals surface area contributed by atoms with E-state index in [1.54, 1.807) is 12.1 Å². The zero-order chi connectivity index (χ0) is 20.5. The Morgan fingerprint density at radius 2 is 2.00 bits per heavy atom. The minimum absolute atomic E-state index is 0.0132. The van der Waals surface area contributed by atoms with Gasteiger partial charge in [-0.3, -0.25) is 9.78 Å². The van der Waals surface area contributed by atoms with Crippen LogP contribution < -0.4 is 10.6 Å². The van der Waals surface area contributed by atoms with Crippen LogP contribution in [0, 0.1) is 5.82 Å². The number of anilines is 1. The van der Waals surface area contributed by atoms with Gasteiger partial charge in [-0.25, -0.2) is 22.0 Å². The van der Waals surface area contributed by atoms with Gasteiger partial charge in [-0.1, -0.05) is 18.3 Å². The summed E-state index contributed by atoms with van der Waals surface area (Å²) in [6.07, 6.45) is -3.55. The molecule has 0 spiro atoms. The molecule has 148 valence electrons. The Kier molecular flexibility index (Phi) is 5.33. The molecule has 1 aliphatic heterocycles. The van der Waals surface area contributed by atoms with Gasteiger partial charge in [0.05, 0.1) is 4.99 Å². The fourth-order valence-electron chi connectivity index (χ4n) is 3.04. The highest BCUT2D eigenvalue weighted by molar-refractivity contribution is 7.80. The van der Waals surface area contributed by atoms with Crippen molar-refractivity contribution < 1.29 is 26.7 Å². The molecule has 1 aliphatic rings. The first kappa shape index (κ1) is 20.1. The zero-order valence-corrected chi connectivity index (χ0v) is 15.0. The van der Waals surface area contributed by atoms with E-state index in [0.717, 1.165) is 18.2 Å². The van der Waals surface area contributed by atoms with E-state index < -0.39 is 41.6 Å². The first-order chi connectivity index (χ1) is 13.2. The quantitative estimate of drug-likeness (QED) is 0.578. The molecule has 1 fully saturated rings. The smallest absolute Gasteiger partial charge is 0.280 e. The Morgan fingerprint density at radius 1 is 1.25 bits per heavy atom. The van der Waals surface area contributed by atoms with Crippen LogP contribution in [0.5, 0.6) is 0 Å². The minimum Gasteiger partial charge on any atom is -0.360 e. The highest BCUT2D eigenvalue weighted by Gasteiger charge is 2.64. The predicted octanol–water partition coefficient (Wildman–Crippen LogP) is 4.28. The molecule has 0 saturated carbocycles. The van der Waals surface area contributed by atoms with Gasteiger partial charge in [0.2, 0.25) is 0 Å². The number of hydrogen-bond donors (Lipinski definition) is 2.